The largest absolute Gasteiger partial charge is 0.477 e. The van der Waals surface area contributed by atoms with Gasteiger partial charge in [0.05, 0.1) is 0 Å². The molecule has 0 fully saturated rings. The van der Waals surface area contributed by atoms with Gasteiger partial charge < -0.3 is 10.4 Å². The molecule has 2 N–H and O–H groups in total. The van der Waals surface area contributed by atoms with Gasteiger partial charge in [0.25, 0.3) is 0 Å². The van der Waals surface area contributed by atoms with Crippen LogP contribution in [0, 0.1) is 0 Å². The summed E-state index contributed by atoms with van der Waals surface area (Å²) in [6, 6.07) is 10.2. The molecule has 0 atom stereocenters. The quantitative estimate of drug-likeness (QED) is 0.759. The van der Waals surface area contributed by atoms with Gasteiger partial charge >= 0.3 is 5.97 Å². The van der Waals surface area contributed by atoms with Crippen LogP contribution in [0.5, 0.6) is 0 Å². The molecule has 0 aliphatic rings. The van der Waals surface area contributed by atoms with E-state index in [2.05, 4.69) is 25.3 Å². The maximum atomic E-state index is 11.0. The Morgan fingerprint density at radius 3 is 2.78 bits per heavy atom. The molecule has 3 aromatic rings. The number of carboxylic acids is 1. The lowest BCUT2D eigenvalue weighted by atomic mass is 10.2. The minimum atomic E-state index is -1.11. The molecular formula is C15H10ClN5O2. The van der Waals surface area contributed by atoms with E-state index in [0.29, 0.717) is 22.4 Å². The number of hydrogen-bond donors (Lipinski definition) is 2. The minimum absolute atomic E-state index is 0.0766. The van der Waals surface area contributed by atoms with Gasteiger partial charge in [0.2, 0.25) is 5.95 Å². The average molecular weight is 328 g/mol. The second-order valence-corrected chi connectivity index (χ2v) is 4.94. The Morgan fingerprint density at radius 2 is 2.00 bits per heavy atom. The highest BCUT2D eigenvalue weighted by Crippen LogP contribution is 2.20. The average Bonchev–Trinajstić information content (AvgIpc) is 2.55. The molecule has 0 amide bonds. The van der Waals surface area contributed by atoms with E-state index < -0.39 is 5.97 Å². The lowest BCUT2D eigenvalue weighted by Gasteiger charge is -2.06. The maximum Gasteiger partial charge on any atom is 0.354 e. The van der Waals surface area contributed by atoms with Crippen LogP contribution in [0.3, 0.4) is 0 Å². The number of aromatic carboxylic acids is 1. The lowest BCUT2D eigenvalue weighted by molar-refractivity contribution is 0.0690. The van der Waals surface area contributed by atoms with E-state index in [1.165, 1.54) is 18.6 Å². The van der Waals surface area contributed by atoms with Crippen molar-refractivity contribution < 1.29 is 9.90 Å². The SMILES string of the molecule is O=C(O)c1cc(-c2ncnc(Nc3cccc(Cl)c3)n2)ccn1. The van der Waals surface area contributed by atoms with Crippen LogP contribution in [-0.4, -0.2) is 31.0 Å². The Kier molecular flexibility index (Phi) is 4.11. The fourth-order valence-electron chi connectivity index (χ4n) is 1.88. The van der Waals surface area contributed by atoms with Gasteiger partial charge in [0.15, 0.2) is 5.82 Å². The molecule has 0 saturated carbocycles. The summed E-state index contributed by atoms with van der Waals surface area (Å²) in [6.45, 7) is 0. The lowest BCUT2D eigenvalue weighted by Crippen LogP contribution is -2.02. The summed E-state index contributed by atoms with van der Waals surface area (Å²) in [5, 5.41) is 12.6. The first-order valence-electron chi connectivity index (χ1n) is 6.53. The van der Waals surface area contributed by atoms with Gasteiger partial charge in [-0.15, -0.1) is 0 Å². The van der Waals surface area contributed by atoms with Crippen molar-refractivity contribution in [3.05, 3.63) is 59.6 Å². The second kappa shape index (κ2) is 6.37. The Labute approximate surface area is 136 Å². The second-order valence-electron chi connectivity index (χ2n) is 4.50. The number of carbonyl (C=O) groups is 1. The third kappa shape index (κ3) is 3.58. The fraction of sp³-hybridized carbons (Fsp3) is 0. The van der Waals surface area contributed by atoms with E-state index in [-0.39, 0.29) is 5.69 Å². The van der Waals surface area contributed by atoms with Gasteiger partial charge in [-0.1, -0.05) is 17.7 Å². The number of anilines is 2. The van der Waals surface area contributed by atoms with Crippen molar-refractivity contribution >= 4 is 29.2 Å². The van der Waals surface area contributed by atoms with Crippen molar-refractivity contribution in [2.45, 2.75) is 0 Å². The van der Waals surface area contributed by atoms with Gasteiger partial charge in [-0.05, 0) is 30.3 Å². The molecular weight excluding hydrogens is 318 g/mol. The van der Waals surface area contributed by atoms with E-state index >= 15 is 0 Å². The van der Waals surface area contributed by atoms with Gasteiger partial charge in [-0.3, -0.25) is 0 Å². The number of rotatable bonds is 4. The van der Waals surface area contributed by atoms with Crippen LogP contribution >= 0.6 is 11.6 Å². The molecule has 2 aromatic heterocycles. The molecule has 23 heavy (non-hydrogen) atoms. The molecule has 0 aliphatic carbocycles. The molecule has 114 valence electrons. The summed E-state index contributed by atoms with van der Waals surface area (Å²) in [5.41, 5.74) is 1.19. The topological polar surface area (TPSA) is 101 Å². The van der Waals surface area contributed by atoms with E-state index in [1.54, 1.807) is 24.3 Å². The van der Waals surface area contributed by atoms with Crippen molar-refractivity contribution in [3.8, 4) is 11.4 Å². The molecule has 0 unspecified atom stereocenters. The first-order valence-corrected chi connectivity index (χ1v) is 6.91. The van der Waals surface area contributed by atoms with Crippen molar-refractivity contribution in [2.75, 3.05) is 5.32 Å². The van der Waals surface area contributed by atoms with Crippen LogP contribution in [-0.2, 0) is 0 Å². The van der Waals surface area contributed by atoms with Crippen molar-refractivity contribution in [1.82, 2.24) is 19.9 Å². The zero-order valence-electron chi connectivity index (χ0n) is 11.6. The van der Waals surface area contributed by atoms with Gasteiger partial charge in [-0.25, -0.2) is 19.7 Å². The summed E-state index contributed by atoms with van der Waals surface area (Å²) in [4.78, 5) is 27.1. The van der Waals surface area contributed by atoms with E-state index in [0.717, 1.165) is 5.69 Å². The summed E-state index contributed by atoms with van der Waals surface area (Å²) >= 11 is 5.93. The Bertz CT molecular complexity index is 872. The van der Waals surface area contributed by atoms with Crippen LogP contribution in [0.2, 0.25) is 5.02 Å². The van der Waals surface area contributed by atoms with Gasteiger partial charge in [-0.2, -0.15) is 4.98 Å². The third-order valence-corrected chi connectivity index (χ3v) is 3.12. The predicted molar refractivity (Wildman–Crippen MR) is 84.8 cm³/mol. The van der Waals surface area contributed by atoms with Crippen molar-refractivity contribution in [1.29, 1.82) is 0 Å². The first-order chi connectivity index (χ1) is 11.1. The molecule has 0 radical (unpaired) electrons. The molecule has 0 bridgehead atoms. The van der Waals surface area contributed by atoms with Crippen LogP contribution in [0.15, 0.2) is 48.9 Å². The minimum Gasteiger partial charge on any atom is -0.477 e. The number of halogens is 1. The van der Waals surface area contributed by atoms with Crippen LogP contribution < -0.4 is 5.32 Å². The number of nitrogens with zero attached hydrogens (tertiary/aromatic N) is 4. The highest BCUT2D eigenvalue weighted by atomic mass is 35.5. The smallest absolute Gasteiger partial charge is 0.354 e. The maximum absolute atomic E-state index is 11.0. The zero-order chi connectivity index (χ0) is 16.2. The number of nitrogens with one attached hydrogen (secondary N) is 1. The standard InChI is InChI=1S/C15H10ClN5O2/c16-10-2-1-3-11(7-10)20-15-19-8-18-13(21-15)9-4-5-17-12(6-9)14(22)23/h1-8H,(H,22,23)(H,18,19,20,21). The molecule has 7 nitrogen and oxygen atoms in total. The normalized spacial score (nSPS) is 10.3. The van der Waals surface area contributed by atoms with Crippen molar-refractivity contribution in [3.63, 3.8) is 0 Å². The van der Waals surface area contributed by atoms with Crippen molar-refractivity contribution in [2.24, 2.45) is 0 Å². The zero-order valence-corrected chi connectivity index (χ0v) is 12.4. The predicted octanol–water partition coefficient (Wildman–Crippen LogP) is 3.03. The summed E-state index contributed by atoms with van der Waals surface area (Å²) in [6.07, 6.45) is 2.74. The fourth-order valence-corrected chi connectivity index (χ4v) is 2.07. The molecule has 0 aliphatic heterocycles. The highest BCUT2D eigenvalue weighted by Gasteiger charge is 2.09. The van der Waals surface area contributed by atoms with Gasteiger partial charge in [0.1, 0.15) is 12.0 Å². The molecule has 2 heterocycles. The number of benzene rings is 1. The third-order valence-electron chi connectivity index (χ3n) is 2.89. The summed E-state index contributed by atoms with van der Waals surface area (Å²) in [5.74, 6) is -0.446. The van der Waals surface area contributed by atoms with Gasteiger partial charge in [0, 0.05) is 22.5 Å². The van der Waals surface area contributed by atoms with E-state index in [4.69, 9.17) is 16.7 Å². The van der Waals surface area contributed by atoms with E-state index in [9.17, 15) is 4.79 Å². The Balaban J connectivity index is 1.91. The number of carboxylic acid groups (broad SMARTS) is 1. The molecule has 8 heteroatoms. The highest BCUT2D eigenvalue weighted by molar-refractivity contribution is 6.30. The van der Waals surface area contributed by atoms with E-state index in [1.807, 2.05) is 6.07 Å². The van der Waals surface area contributed by atoms with Crippen LogP contribution in [0.25, 0.3) is 11.4 Å². The molecule has 3 rings (SSSR count). The van der Waals surface area contributed by atoms with Crippen LogP contribution in [0.1, 0.15) is 10.5 Å². The Hall–Kier alpha value is -3.06. The molecule has 0 spiro atoms. The Morgan fingerprint density at radius 1 is 1.13 bits per heavy atom. The summed E-state index contributed by atoms with van der Waals surface area (Å²) in [7, 11) is 0. The monoisotopic (exact) mass is 327 g/mol. The number of aromatic nitrogens is 4. The van der Waals surface area contributed by atoms with Crippen LogP contribution in [0.4, 0.5) is 11.6 Å². The number of hydrogen-bond acceptors (Lipinski definition) is 6. The number of pyridine rings is 1. The summed E-state index contributed by atoms with van der Waals surface area (Å²) < 4.78 is 0. The molecule has 0 saturated heterocycles. The molecule has 1 aromatic carbocycles. The first kappa shape index (κ1) is 14.9.